The normalized spacial score (nSPS) is 31.5. The predicted octanol–water partition coefficient (Wildman–Crippen LogP) is 2.85. The van der Waals surface area contributed by atoms with Crippen molar-refractivity contribution in [1.82, 2.24) is 10.2 Å². The third-order valence-corrected chi connectivity index (χ3v) is 6.37. The Morgan fingerprint density at radius 2 is 1.73 bits per heavy atom. The molecule has 1 N–H and O–H groups in total. The van der Waals surface area contributed by atoms with E-state index in [4.69, 9.17) is 4.74 Å². The molecule has 0 saturated heterocycles. The summed E-state index contributed by atoms with van der Waals surface area (Å²) in [6.07, 6.45) is 7.49. The molecule has 1 aromatic rings. The summed E-state index contributed by atoms with van der Waals surface area (Å²) in [5.41, 5.74) is 0.611. The molecule has 1 aromatic carbocycles. The first-order valence-electron chi connectivity index (χ1n) is 9.68. The molecule has 0 heterocycles. The number of likely N-dealkylation sites (N-methyl/N-ethyl adjacent to an activating group) is 1. The lowest BCUT2D eigenvalue weighted by atomic mass is 9.53. The number of carbonyl (C=O) groups is 2. The molecule has 0 aromatic heterocycles. The number of nitrogens with zero attached hydrogens (tertiary/aromatic N) is 1. The van der Waals surface area contributed by atoms with E-state index in [0.717, 1.165) is 37.0 Å². The van der Waals surface area contributed by atoms with Gasteiger partial charge in [-0.25, -0.2) is 0 Å². The van der Waals surface area contributed by atoms with Crippen molar-refractivity contribution in [1.29, 1.82) is 0 Å². The van der Waals surface area contributed by atoms with Crippen LogP contribution in [0.3, 0.4) is 0 Å². The highest BCUT2D eigenvalue weighted by Gasteiger charge is 2.51. The molecule has 4 saturated carbocycles. The van der Waals surface area contributed by atoms with E-state index in [-0.39, 0.29) is 24.0 Å². The van der Waals surface area contributed by atoms with E-state index in [1.54, 1.807) is 26.2 Å². The number of hydrogen-bond donors (Lipinski definition) is 1. The Morgan fingerprint density at radius 1 is 1.12 bits per heavy atom. The van der Waals surface area contributed by atoms with Gasteiger partial charge in [-0.1, -0.05) is 6.07 Å². The lowest BCUT2D eigenvalue weighted by Gasteiger charge is -2.56. The van der Waals surface area contributed by atoms with Gasteiger partial charge in [0.1, 0.15) is 5.75 Å². The van der Waals surface area contributed by atoms with Crippen LogP contribution >= 0.6 is 0 Å². The van der Waals surface area contributed by atoms with Crippen LogP contribution in [0.4, 0.5) is 0 Å². The van der Waals surface area contributed by atoms with Crippen LogP contribution < -0.4 is 10.1 Å². The Labute approximate surface area is 155 Å². The zero-order valence-electron chi connectivity index (χ0n) is 15.7. The van der Waals surface area contributed by atoms with E-state index < -0.39 is 0 Å². The van der Waals surface area contributed by atoms with Crippen molar-refractivity contribution in [3.63, 3.8) is 0 Å². The zero-order chi connectivity index (χ0) is 18.3. The highest BCUT2D eigenvalue weighted by atomic mass is 16.5. The Morgan fingerprint density at radius 3 is 2.31 bits per heavy atom. The molecular weight excluding hydrogens is 328 g/mol. The summed E-state index contributed by atoms with van der Waals surface area (Å²) in [7, 11) is 3.39. The lowest BCUT2D eigenvalue weighted by Crippen LogP contribution is -2.59. The maximum atomic E-state index is 12.9. The van der Waals surface area contributed by atoms with Gasteiger partial charge in [0.15, 0.2) is 6.61 Å². The van der Waals surface area contributed by atoms with Crippen molar-refractivity contribution in [3.05, 3.63) is 29.8 Å². The van der Waals surface area contributed by atoms with Crippen LogP contribution in [-0.2, 0) is 4.79 Å². The molecule has 0 aliphatic heterocycles. The van der Waals surface area contributed by atoms with Crippen LogP contribution in [0.5, 0.6) is 5.75 Å². The topological polar surface area (TPSA) is 58.6 Å². The van der Waals surface area contributed by atoms with Gasteiger partial charge in [0.2, 0.25) is 0 Å². The average Bonchev–Trinajstić information content (AvgIpc) is 2.58. The maximum Gasteiger partial charge on any atom is 0.259 e. The van der Waals surface area contributed by atoms with Crippen LogP contribution in [0, 0.1) is 17.8 Å². The van der Waals surface area contributed by atoms with Crippen LogP contribution in [0.2, 0.25) is 0 Å². The Bertz CT molecular complexity index is 678. The number of hydrogen-bond acceptors (Lipinski definition) is 3. The molecule has 4 aliphatic carbocycles. The minimum atomic E-state index is -0.103. The second kappa shape index (κ2) is 6.60. The molecule has 0 unspecified atom stereocenters. The SMILES string of the molecule is CN(C)C(=O)COc1cccc(C(=O)NC23CC4CC(CC(C4)C2)C3)c1. The quantitative estimate of drug-likeness (QED) is 0.883. The van der Waals surface area contributed by atoms with Crippen molar-refractivity contribution in [2.45, 2.75) is 44.1 Å². The smallest absolute Gasteiger partial charge is 0.259 e. The highest BCUT2D eigenvalue weighted by Crippen LogP contribution is 2.55. The van der Waals surface area contributed by atoms with Gasteiger partial charge in [0.05, 0.1) is 0 Å². The first-order valence-corrected chi connectivity index (χ1v) is 9.68. The summed E-state index contributed by atoms with van der Waals surface area (Å²) in [5.74, 6) is 2.83. The third-order valence-electron chi connectivity index (χ3n) is 6.37. The van der Waals surface area contributed by atoms with Gasteiger partial charge >= 0.3 is 0 Å². The van der Waals surface area contributed by atoms with Crippen molar-refractivity contribution in [3.8, 4) is 5.75 Å². The summed E-state index contributed by atoms with van der Waals surface area (Å²) in [6.45, 7) is -0.0208. The standard InChI is InChI=1S/C21H28N2O3/c1-23(2)19(24)13-26-18-5-3-4-17(9-18)20(25)22-21-10-14-6-15(11-21)8-16(7-14)12-21/h3-5,9,14-16H,6-8,10-13H2,1-2H3,(H,22,25). The molecule has 0 radical (unpaired) electrons. The van der Waals surface area contributed by atoms with E-state index in [2.05, 4.69) is 5.32 Å². The molecular formula is C21H28N2O3. The molecule has 4 aliphatic rings. The Balaban J connectivity index is 1.42. The molecule has 5 nitrogen and oxygen atoms in total. The molecule has 4 bridgehead atoms. The van der Waals surface area contributed by atoms with Gasteiger partial charge in [-0.3, -0.25) is 9.59 Å². The average molecular weight is 356 g/mol. The first-order chi connectivity index (χ1) is 12.4. The molecule has 0 atom stereocenters. The van der Waals surface area contributed by atoms with Crippen molar-refractivity contribution >= 4 is 11.8 Å². The minimum Gasteiger partial charge on any atom is -0.484 e. The van der Waals surface area contributed by atoms with Crippen molar-refractivity contribution in [2.24, 2.45) is 17.8 Å². The summed E-state index contributed by atoms with van der Waals surface area (Å²) < 4.78 is 5.54. The molecule has 0 spiro atoms. The van der Waals surface area contributed by atoms with Gasteiger partial charge < -0.3 is 15.0 Å². The number of carbonyl (C=O) groups excluding carboxylic acids is 2. The summed E-state index contributed by atoms with van der Waals surface area (Å²) in [4.78, 5) is 26.0. The van der Waals surface area contributed by atoms with Gasteiger partial charge in [0, 0.05) is 25.2 Å². The molecule has 2 amide bonds. The fourth-order valence-electron chi connectivity index (χ4n) is 5.58. The molecule has 5 rings (SSSR count). The van der Waals surface area contributed by atoms with Gasteiger partial charge in [-0.05, 0) is 74.5 Å². The summed E-state index contributed by atoms with van der Waals surface area (Å²) in [5, 5.41) is 3.38. The Kier molecular flexibility index (Phi) is 4.41. The minimum absolute atomic E-state index is 0.00356. The number of ether oxygens (including phenoxy) is 1. The summed E-state index contributed by atoms with van der Waals surface area (Å²) >= 11 is 0. The van der Waals surface area contributed by atoms with Gasteiger partial charge in [0.25, 0.3) is 11.8 Å². The number of rotatable bonds is 5. The van der Waals surface area contributed by atoms with E-state index in [9.17, 15) is 9.59 Å². The van der Waals surface area contributed by atoms with E-state index in [1.165, 1.54) is 24.2 Å². The zero-order valence-corrected chi connectivity index (χ0v) is 15.7. The Hall–Kier alpha value is -2.04. The van der Waals surface area contributed by atoms with Gasteiger partial charge in [-0.15, -0.1) is 0 Å². The molecule has 26 heavy (non-hydrogen) atoms. The molecule has 5 heteroatoms. The molecule has 4 fully saturated rings. The number of benzene rings is 1. The second-order valence-electron chi connectivity index (χ2n) is 8.76. The maximum absolute atomic E-state index is 12.9. The van der Waals surface area contributed by atoms with Crippen LogP contribution in [0.1, 0.15) is 48.9 Å². The monoisotopic (exact) mass is 356 g/mol. The summed E-state index contributed by atoms with van der Waals surface area (Å²) in [6, 6.07) is 7.14. The fourth-order valence-corrected chi connectivity index (χ4v) is 5.58. The number of nitrogens with one attached hydrogen (secondary N) is 1. The molecule has 140 valence electrons. The third kappa shape index (κ3) is 3.44. The van der Waals surface area contributed by atoms with Crippen LogP contribution in [0.25, 0.3) is 0 Å². The van der Waals surface area contributed by atoms with Gasteiger partial charge in [-0.2, -0.15) is 0 Å². The predicted molar refractivity (Wildman–Crippen MR) is 99.0 cm³/mol. The largest absolute Gasteiger partial charge is 0.484 e. The van der Waals surface area contributed by atoms with Crippen LogP contribution in [-0.4, -0.2) is 43.0 Å². The van der Waals surface area contributed by atoms with E-state index in [0.29, 0.717) is 11.3 Å². The second-order valence-corrected chi connectivity index (χ2v) is 8.76. The van der Waals surface area contributed by atoms with Crippen molar-refractivity contribution in [2.75, 3.05) is 20.7 Å². The van der Waals surface area contributed by atoms with E-state index >= 15 is 0 Å². The number of amides is 2. The van der Waals surface area contributed by atoms with Crippen molar-refractivity contribution < 1.29 is 14.3 Å². The van der Waals surface area contributed by atoms with Crippen LogP contribution in [0.15, 0.2) is 24.3 Å². The lowest BCUT2D eigenvalue weighted by molar-refractivity contribution is -0.130. The fraction of sp³-hybridized carbons (Fsp3) is 0.619. The first kappa shape index (κ1) is 17.4. The highest BCUT2D eigenvalue weighted by molar-refractivity contribution is 5.95. The van der Waals surface area contributed by atoms with E-state index in [1.807, 2.05) is 12.1 Å².